The van der Waals surface area contributed by atoms with Gasteiger partial charge in [-0.15, -0.1) is 0 Å². The van der Waals surface area contributed by atoms with E-state index in [4.69, 9.17) is 0 Å². The second-order valence-electron chi connectivity index (χ2n) is 8.48. The molecule has 4 rings (SSSR count). The van der Waals surface area contributed by atoms with E-state index in [0.29, 0.717) is 24.5 Å². The molecule has 0 spiro atoms. The number of nitrogens with one attached hydrogen (secondary N) is 2. The van der Waals surface area contributed by atoms with E-state index < -0.39 is 10.0 Å². The monoisotopic (exact) mass is 454 g/mol. The number of sulfonamides is 1. The molecule has 2 N–H and O–H groups in total. The highest BCUT2D eigenvalue weighted by atomic mass is 32.2. The summed E-state index contributed by atoms with van der Waals surface area (Å²) >= 11 is 0. The lowest BCUT2D eigenvalue weighted by molar-refractivity contribution is -0.115. The average molecular weight is 455 g/mol. The van der Waals surface area contributed by atoms with Crippen LogP contribution in [0.2, 0.25) is 0 Å². The molecule has 2 aliphatic heterocycles. The number of amidine groups is 1. The molecule has 0 aliphatic carbocycles. The molecule has 2 aromatic carbocycles. The van der Waals surface area contributed by atoms with E-state index in [1.54, 1.807) is 12.1 Å². The van der Waals surface area contributed by atoms with Crippen molar-refractivity contribution in [1.29, 1.82) is 0 Å². The molecule has 0 saturated heterocycles. The molecular formula is C24H30N4O3S. The zero-order valence-electron chi connectivity index (χ0n) is 18.4. The van der Waals surface area contributed by atoms with Crippen molar-refractivity contribution in [3.63, 3.8) is 0 Å². The Labute approximate surface area is 190 Å². The molecule has 0 unspecified atom stereocenters. The zero-order valence-corrected chi connectivity index (χ0v) is 19.2. The number of hydrogen-bond donors (Lipinski definition) is 2. The second-order valence-corrected chi connectivity index (χ2v) is 10.2. The topological polar surface area (TPSA) is 90.9 Å². The van der Waals surface area contributed by atoms with Crippen molar-refractivity contribution in [2.24, 2.45) is 4.99 Å². The first-order valence-corrected chi connectivity index (χ1v) is 12.7. The van der Waals surface area contributed by atoms with E-state index >= 15 is 0 Å². The summed E-state index contributed by atoms with van der Waals surface area (Å²) in [7, 11) is -3.75. The predicted molar refractivity (Wildman–Crippen MR) is 128 cm³/mol. The van der Waals surface area contributed by atoms with Crippen LogP contribution in [-0.4, -0.2) is 39.8 Å². The Morgan fingerprint density at radius 3 is 2.81 bits per heavy atom. The van der Waals surface area contributed by atoms with Gasteiger partial charge in [-0.05, 0) is 62.4 Å². The summed E-state index contributed by atoms with van der Waals surface area (Å²) in [5.41, 5.74) is 4.05. The molecule has 0 fully saturated rings. The second kappa shape index (κ2) is 9.73. The summed E-state index contributed by atoms with van der Waals surface area (Å²) in [5.74, 6) is 0.338. The van der Waals surface area contributed by atoms with E-state index in [2.05, 4.69) is 45.1 Å². The minimum Gasteiger partial charge on any atom is -0.362 e. The molecular weight excluding hydrogens is 424 g/mol. The number of aliphatic imine (C=N–C) groups is 1. The first-order chi connectivity index (χ1) is 15.4. The number of nitrogens with zero attached hydrogens (tertiary/aromatic N) is 2. The Balaban J connectivity index is 1.43. The first kappa shape index (κ1) is 22.3. The van der Waals surface area contributed by atoms with Crippen molar-refractivity contribution in [3.05, 3.63) is 53.6 Å². The number of amides is 1. The highest BCUT2D eigenvalue weighted by Crippen LogP contribution is 2.28. The Morgan fingerprint density at radius 1 is 1.06 bits per heavy atom. The van der Waals surface area contributed by atoms with Gasteiger partial charge < -0.3 is 10.2 Å². The van der Waals surface area contributed by atoms with E-state index in [0.717, 1.165) is 44.3 Å². The zero-order chi connectivity index (χ0) is 22.6. The van der Waals surface area contributed by atoms with Crippen LogP contribution in [0.5, 0.6) is 0 Å². The Hall–Kier alpha value is -2.87. The number of aryl methyl sites for hydroxylation is 2. The van der Waals surface area contributed by atoms with Gasteiger partial charge in [-0.3, -0.25) is 14.5 Å². The van der Waals surface area contributed by atoms with E-state index in [1.165, 1.54) is 23.3 Å². The van der Waals surface area contributed by atoms with Crippen LogP contribution in [0.3, 0.4) is 0 Å². The third kappa shape index (κ3) is 5.48. The third-order valence-corrected chi connectivity index (χ3v) is 7.22. The van der Waals surface area contributed by atoms with Crippen LogP contribution in [0.1, 0.15) is 43.2 Å². The highest BCUT2D eigenvalue weighted by molar-refractivity contribution is 7.90. The van der Waals surface area contributed by atoms with Crippen molar-refractivity contribution < 1.29 is 13.2 Å². The predicted octanol–water partition coefficient (Wildman–Crippen LogP) is 3.64. The van der Waals surface area contributed by atoms with Crippen LogP contribution in [0.25, 0.3) is 0 Å². The van der Waals surface area contributed by atoms with Gasteiger partial charge in [0.2, 0.25) is 5.91 Å². The van der Waals surface area contributed by atoms with Crippen molar-refractivity contribution in [2.45, 2.75) is 50.3 Å². The van der Waals surface area contributed by atoms with Crippen LogP contribution in [0, 0.1) is 6.92 Å². The summed E-state index contributed by atoms with van der Waals surface area (Å²) in [6, 6.07) is 12.7. The summed E-state index contributed by atoms with van der Waals surface area (Å²) in [6.45, 7) is 3.77. The highest BCUT2D eigenvalue weighted by Gasteiger charge is 2.21. The molecule has 0 radical (unpaired) electrons. The van der Waals surface area contributed by atoms with Crippen molar-refractivity contribution in [3.8, 4) is 0 Å². The third-order valence-electron chi connectivity index (χ3n) is 5.84. The number of anilines is 2. The molecule has 8 heteroatoms. The van der Waals surface area contributed by atoms with Crippen molar-refractivity contribution >= 4 is 33.1 Å². The molecule has 2 aromatic rings. The van der Waals surface area contributed by atoms with Gasteiger partial charge in [0.05, 0.1) is 11.4 Å². The van der Waals surface area contributed by atoms with Crippen LogP contribution >= 0.6 is 0 Å². The van der Waals surface area contributed by atoms with E-state index in [-0.39, 0.29) is 17.3 Å². The van der Waals surface area contributed by atoms with Gasteiger partial charge in [0.15, 0.2) is 0 Å². The smallest absolute Gasteiger partial charge is 0.262 e. The Bertz CT molecular complexity index is 1130. The maximum atomic E-state index is 12.8. The minimum absolute atomic E-state index is 0.112. The molecule has 0 atom stereocenters. The number of hydrogen-bond acceptors (Lipinski definition) is 5. The Morgan fingerprint density at radius 2 is 1.94 bits per heavy atom. The molecule has 0 aromatic heterocycles. The van der Waals surface area contributed by atoms with Gasteiger partial charge in [0.25, 0.3) is 10.0 Å². The van der Waals surface area contributed by atoms with Crippen LogP contribution in [0.15, 0.2) is 52.4 Å². The molecule has 2 heterocycles. The van der Waals surface area contributed by atoms with Crippen molar-refractivity contribution in [1.82, 2.24) is 4.72 Å². The van der Waals surface area contributed by atoms with Gasteiger partial charge in [0.1, 0.15) is 5.84 Å². The SMILES string of the molecule is Cc1ccc2c(c1)CCCN2CC(=O)Nc1cccc(S(=O)(=O)NC2=NCCCCC2)c1. The number of carbonyl (C=O) groups excluding carboxylic acids is 1. The van der Waals surface area contributed by atoms with Gasteiger partial charge >= 0.3 is 0 Å². The van der Waals surface area contributed by atoms with E-state index in [1.807, 2.05) is 0 Å². The molecule has 2 aliphatic rings. The Kier molecular flexibility index (Phi) is 6.79. The molecule has 0 saturated carbocycles. The molecule has 7 nitrogen and oxygen atoms in total. The average Bonchev–Trinajstić information content (AvgIpc) is 3.02. The molecule has 32 heavy (non-hydrogen) atoms. The fourth-order valence-electron chi connectivity index (χ4n) is 4.25. The standard InChI is InChI=1S/C24H30N4O3S/c1-18-11-12-22-19(15-18)7-6-14-28(22)17-24(29)26-20-8-5-9-21(16-20)32(30,31)27-23-10-3-2-4-13-25-23/h5,8-9,11-12,15-16H,2-4,6-7,10,13-14,17H2,1H3,(H,25,27)(H,26,29). The van der Waals surface area contributed by atoms with Crippen LogP contribution in [-0.2, 0) is 21.2 Å². The van der Waals surface area contributed by atoms with Gasteiger partial charge in [-0.1, -0.05) is 30.2 Å². The lowest BCUT2D eigenvalue weighted by atomic mass is 9.99. The minimum atomic E-state index is -3.75. The van der Waals surface area contributed by atoms with Gasteiger partial charge in [-0.2, -0.15) is 0 Å². The fourth-order valence-corrected chi connectivity index (χ4v) is 5.39. The lowest BCUT2D eigenvalue weighted by Gasteiger charge is -2.31. The summed E-state index contributed by atoms with van der Waals surface area (Å²) in [6.07, 6.45) is 5.62. The number of fused-ring (bicyclic) bond motifs is 1. The number of benzene rings is 2. The molecule has 0 bridgehead atoms. The van der Waals surface area contributed by atoms with Gasteiger partial charge in [0, 0.05) is 30.9 Å². The molecule has 1 amide bonds. The summed E-state index contributed by atoms with van der Waals surface area (Å²) in [5, 5.41) is 2.85. The van der Waals surface area contributed by atoms with Crippen LogP contribution in [0.4, 0.5) is 11.4 Å². The largest absolute Gasteiger partial charge is 0.362 e. The number of carbonyl (C=O) groups is 1. The quantitative estimate of drug-likeness (QED) is 0.722. The molecule has 170 valence electrons. The first-order valence-electron chi connectivity index (χ1n) is 11.2. The fraction of sp³-hybridized carbons (Fsp3) is 0.417. The van der Waals surface area contributed by atoms with E-state index in [9.17, 15) is 13.2 Å². The maximum absolute atomic E-state index is 12.8. The van der Waals surface area contributed by atoms with Gasteiger partial charge in [-0.25, -0.2) is 8.42 Å². The lowest BCUT2D eigenvalue weighted by Crippen LogP contribution is -2.36. The summed E-state index contributed by atoms with van der Waals surface area (Å²) in [4.78, 5) is 19.3. The normalized spacial score (nSPS) is 16.5. The summed E-state index contributed by atoms with van der Waals surface area (Å²) < 4.78 is 28.3. The van der Waals surface area contributed by atoms with Crippen LogP contribution < -0.4 is 14.9 Å². The number of rotatable bonds is 5. The maximum Gasteiger partial charge on any atom is 0.262 e. The van der Waals surface area contributed by atoms with Crippen molar-refractivity contribution in [2.75, 3.05) is 29.9 Å².